The molecule has 0 bridgehead atoms. The van der Waals surface area contributed by atoms with E-state index in [9.17, 15) is 0 Å². The molecular weight excluding hydrogens is 238 g/mol. The summed E-state index contributed by atoms with van der Waals surface area (Å²) in [6.45, 7) is 6.66. The lowest BCUT2D eigenvalue weighted by molar-refractivity contribution is 0.598. The minimum absolute atomic E-state index is 0.630. The summed E-state index contributed by atoms with van der Waals surface area (Å²) < 4.78 is 0. The summed E-state index contributed by atoms with van der Waals surface area (Å²) >= 11 is 2.14. The van der Waals surface area contributed by atoms with Crippen LogP contribution in [0.25, 0.3) is 0 Å². The molecule has 2 heteroatoms. The van der Waals surface area contributed by atoms with E-state index in [4.69, 9.17) is 0 Å². The summed E-state index contributed by atoms with van der Waals surface area (Å²) in [6, 6.07) is 9.04. The molecule has 1 saturated heterocycles. The van der Waals surface area contributed by atoms with Gasteiger partial charge < -0.3 is 5.32 Å². The third-order valence-electron chi connectivity index (χ3n) is 3.62. The molecule has 1 nitrogen and oxygen atoms in total. The molecule has 18 heavy (non-hydrogen) atoms. The van der Waals surface area contributed by atoms with Crippen LogP contribution in [-0.2, 0) is 6.54 Å². The Balaban J connectivity index is 1.72. The van der Waals surface area contributed by atoms with Crippen molar-refractivity contribution in [3.63, 3.8) is 0 Å². The van der Waals surface area contributed by atoms with Gasteiger partial charge in [0.15, 0.2) is 0 Å². The van der Waals surface area contributed by atoms with Crippen LogP contribution in [0.1, 0.15) is 50.2 Å². The van der Waals surface area contributed by atoms with Crippen LogP contribution in [-0.4, -0.2) is 17.5 Å². The van der Waals surface area contributed by atoms with E-state index >= 15 is 0 Å². The van der Waals surface area contributed by atoms with Gasteiger partial charge in [-0.2, -0.15) is 11.8 Å². The molecule has 0 radical (unpaired) electrons. The normalized spacial score (nSPS) is 20.3. The maximum absolute atomic E-state index is 3.60. The maximum Gasteiger partial charge on any atom is 0.0205 e. The van der Waals surface area contributed by atoms with E-state index in [1.54, 1.807) is 0 Å². The molecule has 100 valence electrons. The monoisotopic (exact) mass is 263 g/mol. The number of benzene rings is 1. The van der Waals surface area contributed by atoms with Crippen molar-refractivity contribution in [3.8, 4) is 0 Å². The van der Waals surface area contributed by atoms with Crippen molar-refractivity contribution in [2.24, 2.45) is 0 Å². The Kier molecular flexibility index (Phi) is 5.58. The lowest BCUT2D eigenvalue weighted by Gasteiger charge is -2.21. The number of thioether (sulfide) groups is 1. The number of hydrogen-bond acceptors (Lipinski definition) is 2. The fourth-order valence-electron chi connectivity index (χ4n) is 2.37. The zero-order valence-electron chi connectivity index (χ0n) is 11.6. The highest BCUT2D eigenvalue weighted by molar-refractivity contribution is 7.99. The van der Waals surface area contributed by atoms with Crippen molar-refractivity contribution in [2.75, 3.05) is 12.3 Å². The molecule has 1 atom stereocenters. The van der Waals surface area contributed by atoms with E-state index in [1.807, 2.05) is 0 Å². The van der Waals surface area contributed by atoms with Crippen molar-refractivity contribution >= 4 is 11.8 Å². The summed E-state index contributed by atoms with van der Waals surface area (Å²) in [5.74, 6) is 1.99. The Labute approximate surface area is 116 Å². The van der Waals surface area contributed by atoms with Gasteiger partial charge in [-0.25, -0.2) is 0 Å². The molecular formula is C16H25NS. The maximum atomic E-state index is 3.60. The second kappa shape index (κ2) is 7.20. The van der Waals surface area contributed by atoms with E-state index in [2.05, 4.69) is 55.2 Å². The predicted octanol–water partition coefficient (Wildman–Crippen LogP) is 4.19. The fraction of sp³-hybridized carbons (Fsp3) is 0.625. The molecule has 0 saturated carbocycles. The smallest absolute Gasteiger partial charge is 0.0205 e. The fourth-order valence-corrected chi connectivity index (χ4v) is 3.64. The van der Waals surface area contributed by atoms with Gasteiger partial charge in [-0.3, -0.25) is 0 Å². The third-order valence-corrected chi connectivity index (χ3v) is 5.02. The average Bonchev–Trinajstić information content (AvgIpc) is 2.40. The zero-order chi connectivity index (χ0) is 12.8. The Bertz CT molecular complexity index is 339. The lowest BCUT2D eigenvalue weighted by Crippen LogP contribution is -2.26. The summed E-state index contributed by atoms with van der Waals surface area (Å²) in [6.07, 6.45) is 4.23. The molecule has 1 aliphatic rings. The van der Waals surface area contributed by atoms with Crippen molar-refractivity contribution in [1.29, 1.82) is 0 Å². The van der Waals surface area contributed by atoms with Crippen LogP contribution in [0.3, 0.4) is 0 Å². The predicted molar refractivity (Wildman–Crippen MR) is 82.3 cm³/mol. The van der Waals surface area contributed by atoms with Crippen molar-refractivity contribution in [1.82, 2.24) is 5.32 Å². The number of rotatable bonds is 5. The summed E-state index contributed by atoms with van der Waals surface area (Å²) in [7, 11) is 0. The Morgan fingerprint density at radius 2 is 2.00 bits per heavy atom. The Morgan fingerprint density at radius 3 is 2.61 bits per heavy atom. The molecule has 0 amide bonds. The Morgan fingerprint density at radius 1 is 1.22 bits per heavy atom. The van der Waals surface area contributed by atoms with Gasteiger partial charge in [-0.15, -0.1) is 0 Å². The van der Waals surface area contributed by atoms with Crippen molar-refractivity contribution < 1.29 is 0 Å². The molecule has 1 aliphatic heterocycles. The first kappa shape index (κ1) is 14.0. The van der Waals surface area contributed by atoms with Crippen LogP contribution in [0.2, 0.25) is 0 Å². The van der Waals surface area contributed by atoms with Gasteiger partial charge in [0.25, 0.3) is 0 Å². The first-order valence-electron chi connectivity index (χ1n) is 7.17. The topological polar surface area (TPSA) is 12.0 Å². The summed E-state index contributed by atoms with van der Waals surface area (Å²) in [5.41, 5.74) is 2.83. The number of hydrogen-bond donors (Lipinski definition) is 1. The molecule has 1 aromatic rings. The van der Waals surface area contributed by atoms with Gasteiger partial charge >= 0.3 is 0 Å². The van der Waals surface area contributed by atoms with E-state index < -0.39 is 0 Å². The quantitative estimate of drug-likeness (QED) is 0.855. The highest BCUT2D eigenvalue weighted by Crippen LogP contribution is 2.24. The number of nitrogens with one attached hydrogen (secondary N) is 1. The van der Waals surface area contributed by atoms with Crippen molar-refractivity contribution in [3.05, 3.63) is 35.4 Å². The van der Waals surface area contributed by atoms with Gasteiger partial charge in [0.1, 0.15) is 0 Å². The minimum atomic E-state index is 0.630. The van der Waals surface area contributed by atoms with Gasteiger partial charge in [0.05, 0.1) is 0 Å². The van der Waals surface area contributed by atoms with Gasteiger partial charge in [-0.1, -0.05) is 44.5 Å². The summed E-state index contributed by atoms with van der Waals surface area (Å²) in [4.78, 5) is 0. The first-order chi connectivity index (χ1) is 8.75. The summed E-state index contributed by atoms with van der Waals surface area (Å²) in [5, 5.41) is 4.44. The molecule has 0 aromatic heterocycles. The van der Waals surface area contributed by atoms with Crippen LogP contribution >= 0.6 is 11.8 Å². The molecule has 1 heterocycles. The highest BCUT2D eigenvalue weighted by atomic mass is 32.2. The van der Waals surface area contributed by atoms with E-state index in [0.717, 1.165) is 18.3 Å². The standard InChI is InChI=1S/C16H25NS/c1-13(2)15-8-6-14(7-9-15)11-17-12-16-5-3-4-10-18-16/h6-9,13,16-17H,3-5,10-12H2,1-2H3. The van der Waals surface area contributed by atoms with Gasteiger partial charge in [0, 0.05) is 18.3 Å². The lowest BCUT2D eigenvalue weighted by atomic mass is 10.0. The van der Waals surface area contributed by atoms with Crippen LogP contribution in [0.5, 0.6) is 0 Å². The second-order valence-corrected chi connectivity index (χ2v) is 6.92. The molecule has 1 fully saturated rings. The van der Waals surface area contributed by atoms with Crippen molar-refractivity contribution in [2.45, 2.75) is 50.8 Å². The van der Waals surface area contributed by atoms with Crippen LogP contribution in [0.4, 0.5) is 0 Å². The van der Waals surface area contributed by atoms with Gasteiger partial charge in [0.2, 0.25) is 0 Å². The first-order valence-corrected chi connectivity index (χ1v) is 8.22. The highest BCUT2D eigenvalue weighted by Gasteiger charge is 2.12. The van der Waals surface area contributed by atoms with Crippen LogP contribution in [0.15, 0.2) is 24.3 Å². The minimum Gasteiger partial charge on any atom is -0.312 e. The van der Waals surface area contributed by atoms with Crippen LogP contribution in [0, 0.1) is 0 Å². The molecule has 1 aromatic carbocycles. The SMILES string of the molecule is CC(C)c1ccc(CNCC2CCCCS2)cc1. The zero-order valence-corrected chi connectivity index (χ0v) is 12.4. The average molecular weight is 263 g/mol. The second-order valence-electron chi connectivity index (χ2n) is 5.52. The Hall–Kier alpha value is -0.470. The molecule has 1 unspecified atom stereocenters. The third kappa shape index (κ3) is 4.33. The van der Waals surface area contributed by atoms with E-state index in [-0.39, 0.29) is 0 Å². The molecule has 2 rings (SSSR count). The largest absolute Gasteiger partial charge is 0.312 e. The van der Waals surface area contributed by atoms with Gasteiger partial charge in [-0.05, 0) is 35.6 Å². The van der Waals surface area contributed by atoms with E-state index in [1.165, 1.54) is 36.1 Å². The molecule has 0 aliphatic carbocycles. The molecule has 1 N–H and O–H groups in total. The van der Waals surface area contributed by atoms with Crippen LogP contribution < -0.4 is 5.32 Å². The van der Waals surface area contributed by atoms with E-state index in [0.29, 0.717) is 5.92 Å². The molecule has 0 spiro atoms.